The maximum Gasteiger partial charge on any atom is 0.573 e. The van der Waals surface area contributed by atoms with Crippen molar-refractivity contribution in [3.8, 4) is 5.75 Å². The van der Waals surface area contributed by atoms with Crippen molar-refractivity contribution in [2.45, 2.75) is 13.3 Å². The van der Waals surface area contributed by atoms with E-state index in [2.05, 4.69) is 4.74 Å². The molecule has 2 nitrogen and oxygen atoms in total. The second-order valence-corrected chi connectivity index (χ2v) is 3.20. The van der Waals surface area contributed by atoms with Gasteiger partial charge in [0.1, 0.15) is 5.75 Å². The summed E-state index contributed by atoms with van der Waals surface area (Å²) in [5.74, 6) is -0.452. The highest BCUT2D eigenvalue weighted by Gasteiger charge is 2.31. The molecule has 1 rings (SSSR count). The third kappa shape index (κ3) is 3.79. The van der Waals surface area contributed by atoms with Crippen LogP contribution in [0.15, 0.2) is 18.2 Å². The molecule has 0 amide bonds. The minimum atomic E-state index is -4.78. The van der Waals surface area contributed by atoms with Gasteiger partial charge in [0, 0.05) is 5.56 Å². The smallest absolute Gasteiger partial charge is 0.406 e. The Hall–Kier alpha value is -1.23. The zero-order valence-electron chi connectivity index (χ0n) is 7.56. The Kier molecular flexibility index (Phi) is 3.24. The number of hydrogen-bond donors (Lipinski definition) is 0. The minimum absolute atomic E-state index is 0.0316. The van der Waals surface area contributed by atoms with Crippen molar-refractivity contribution >= 4 is 16.8 Å². The number of carbonyl (C=O) groups is 1. The Balaban J connectivity index is 3.04. The minimum Gasteiger partial charge on any atom is -0.406 e. The highest BCUT2D eigenvalue weighted by Crippen LogP contribution is 2.25. The fraction of sp³-hybridized carbons (Fsp3) is 0.222. The van der Waals surface area contributed by atoms with E-state index in [9.17, 15) is 18.0 Å². The highest BCUT2D eigenvalue weighted by molar-refractivity contribution is 6.67. The molecule has 0 unspecified atom stereocenters. The normalized spacial score (nSPS) is 11.3. The maximum absolute atomic E-state index is 11.9. The number of aryl methyl sites for hydroxylation is 1. The molecule has 6 heteroatoms. The molecule has 0 atom stereocenters. The van der Waals surface area contributed by atoms with Crippen LogP contribution >= 0.6 is 11.6 Å². The van der Waals surface area contributed by atoms with Crippen LogP contribution in [0.2, 0.25) is 0 Å². The van der Waals surface area contributed by atoms with Crippen LogP contribution in [0.4, 0.5) is 13.2 Å². The molecule has 0 bridgehead atoms. The molecule has 0 aliphatic carbocycles. The first kappa shape index (κ1) is 11.8. The molecule has 0 fully saturated rings. The van der Waals surface area contributed by atoms with Gasteiger partial charge in [0.05, 0.1) is 0 Å². The summed E-state index contributed by atoms with van der Waals surface area (Å²) < 4.78 is 39.3. The molecule has 0 aromatic heterocycles. The van der Waals surface area contributed by atoms with Crippen LogP contribution in [0.1, 0.15) is 15.9 Å². The zero-order chi connectivity index (χ0) is 11.6. The number of benzene rings is 1. The summed E-state index contributed by atoms with van der Waals surface area (Å²) >= 11 is 5.14. The van der Waals surface area contributed by atoms with Crippen molar-refractivity contribution in [2.75, 3.05) is 0 Å². The molecule has 0 N–H and O–H groups in total. The van der Waals surface area contributed by atoms with Crippen LogP contribution in [-0.4, -0.2) is 11.6 Å². The SMILES string of the molecule is Cc1cc(OC(F)(F)F)cc(C(=O)Cl)c1. The van der Waals surface area contributed by atoms with E-state index in [1.165, 1.54) is 13.0 Å². The van der Waals surface area contributed by atoms with E-state index in [4.69, 9.17) is 11.6 Å². The van der Waals surface area contributed by atoms with Crippen molar-refractivity contribution in [2.24, 2.45) is 0 Å². The standard InChI is InChI=1S/C9H6ClF3O2/c1-5-2-6(8(10)14)4-7(3-5)15-9(11,12)13/h2-4H,1H3. The van der Waals surface area contributed by atoms with Gasteiger partial charge in [-0.15, -0.1) is 13.2 Å². The summed E-state index contributed by atoms with van der Waals surface area (Å²) in [6.07, 6.45) is -4.78. The number of carbonyl (C=O) groups excluding carboxylic acids is 1. The van der Waals surface area contributed by atoms with Gasteiger partial charge in [-0.3, -0.25) is 4.79 Å². The third-order valence-electron chi connectivity index (χ3n) is 1.51. The van der Waals surface area contributed by atoms with Gasteiger partial charge in [0.25, 0.3) is 5.24 Å². The Bertz CT molecular complexity index is 387. The number of halogens is 4. The van der Waals surface area contributed by atoms with Crippen molar-refractivity contribution in [1.29, 1.82) is 0 Å². The largest absolute Gasteiger partial charge is 0.573 e. The summed E-state index contributed by atoms with van der Waals surface area (Å²) in [7, 11) is 0. The highest BCUT2D eigenvalue weighted by atomic mass is 35.5. The van der Waals surface area contributed by atoms with Gasteiger partial charge in [-0.25, -0.2) is 0 Å². The van der Waals surface area contributed by atoms with E-state index < -0.39 is 17.4 Å². The first-order valence-electron chi connectivity index (χ1n) is 3.85. The molecule has 0 aliphatic rings. The Morgan fingerprint density at radius 2 is 1.93 bits per heavy atom. The zero-order valence-corrected chi connectivity index (χ0v) is 8.32. The lowest BCUT2D eigenvalue weighted by molar-refractivity contribution is -0.274. The van der Waals surface area contributed by atoms with Gasteiger partial charge in [0.15, 0.2) is 0 Å². The number of ether oxygens (including phenoxy) is 1. The summed E-state index contributed by atoms with van der Waals surface area (Å²) in [6, 6.07) is 3.48. The summed E-state index contributed by atoms with van der Waals surface area (Å²) in [4.78, 5) is 10.7. The molecule has 0 heterocycles. The molecule has 0 spiro atoms. The van der Waals surface area contributed by atoms with Crippen LogP contribution < -0.4 is 4.74 Å². The monoisotopic (exact) mass is 238 g/mol. The summed E-state index contributed by atoms with van der Waals surface area (Å²) in [5, 5.41) is -0.828. The average molecular weight is 239 g/mol. The van der Waals surface area contributed by atoms with Crippen LogP contribution in [0.25, 0.3) is 0 Å². The second kappa shape index (κ2) is 4.10. The number of alkyl halides is 3. The predicted molar refractivity (Wildman–Crippen MR) is 48.0 cm³/mol. The van der Waals surface area contributed by atoms with E-state index in [-0.39, 0.29) is 5.56 Å². The number of hydrogen-bond acceptors (Lipinski definition) is 2. The van der Waals surface area contributed by atoms with Gasteiger partial charge in [-0.1, -0.05) is 0 Å². The van der Waals surface area contributed by atoms with E-state index >= 15 is 0 Å². The van der Waals surface area contributed by atoms with E-state index in [0.717, 1.165) is 12.1 Å². The maximum atomic E-state index is 11.9. The van der Waals surface area contributed by atoms with Gasteiger partial charge in [0.2, 0.25) is 0 Å². The lowest BCUT2D eigenvalue weighted by Gasteiger charge is -2.10. The molecule has 82 valence electrons. The fourth-order valence-electron chi connectivity index (χ4n) is 1.05. The van der Waals surface area contributed by atoms with Crippen LogP contribution in [0, 0.1) is 6.92 Å². The first-order valence-corrected chi connectivity index (χ1v) is 4.23. The Morgan fingerprint density at radius 1 is 1.33 bits per heavy atom. The van der Waals surface area contributed by atoms with Gasteiger partial charge >= 0.3 is 6.36 Å². The van der Waals surface area contributed by atoms with Gasteiger partial charge in [-0.05, 0) is 42.3 Å². The molecule has 0 saturated heterocycles. The van der Waals surface area contributed by atoms with Gasteiger partial charge in [-0.2, -0.15) is 0 Å². The summed E-state index contributed by atoms with van der Waals surface area (Å²) in [5.41, 5.74) is 0.427. The average Bonchev–Trinajstić information content (AvgIpc) is 1.99. The van der Waals surface area contributed by atoms with Crippen molar-refractivity contribution in [1.82, 2.24) is 0 Å². The van der Waals surface area contributed by atoms with Crippen molar-refractivity contribution in [3.63, 3.8) is 0 Å². The molecular formula is C9H6ClF3O2. The van der Waals surface area contributed by atoms with E-state index in [1.807, 2.05) is 0 Å². The molecule has 1 aromatic carbocycles. The first-order chi connectivity index (χ1) is 6.78. The van der Waals surface area contributed by atoms with Crippen LogP contribution in [-0.2, 0) is 0 Å². The number of rotatable bonds is 2. The van der Waals surface area contributed by atoms with E-state index in [0.29, 0.717) is 5.56 Å². The van der Waals surface area contributed by atoms with Crippen LogP contribution in [0.3, 0.4) is 0 Å². The molecule has 15 heavy (non-hydrogen) atoms. The Morgan fingerprint density at radius 3 is 2.40 bits per heavy atom. The molecule has 1 aromatic rings. The van der Waals surface area contributed by atoms with Crippen LogP contribution in [0.5, 0.6) is 5.75 Å². The van der Waals surface area contributed by atoms with Crippen molar-refractivity contribution < 1.29 is 22.7 Å². The Labute approximate surface area is 88.6 Å². The molecular weight excluding hydrogens is 233 g/mol. The lowest BCUT2D eigenvalue weighted by atomic mass is 10.1. The molecule has 0 aliphatic heterocycles. The molecule has 0 radical (unpaired) electrons. The summed E-state index contributed by atoms with van der Waals surface area (Å²) in [6.45, 7) is 1.53. The second-order valence-electron chi connectivity index (χ2n) is 2.86. The van der Waals surface area contributed by atoms with Gasteiger partial charge < -0.3 is 4.74 Å². The quantitative estimate of drug-likeness (QED) is 0.739. The predicted octanol–water partition coefficient (Wildman–Crippen LogP) is 3.27. The lowest BCUT2D eigenvalue weighted by Crippen LogP contribution is -2.17. The fourth-order valence-corrected chi connectivity index (χ4v) is 1.16. The van der Waals surface area contributed by atoms with Crippen molar-refractivity contribution in [3.05, 3.63) is 29.3 Å². The topological polar surface area (TPSA) is 26.3 Å². The third-order valence-corrected chi connectivity index (χ3v) is 1.73. The molecule has 0 saturated carbocycles. The van der Waals surface area contributed by atoms with E-state index in [1.54, 1.807) is 0 Å².